The monoisotopic (exact) mass is 422 g/mol. The van der Waals surface area contributed by atoms with Crippen molar-refractivity contribution in [1.29, 1.82) is 0 Å². The first-order valence-corrected chi connectivity index (χ1v) is 12.6. The number of rotatable bonds is 0. The fourth-order valence-corrected chi connectivity index (χ4v) is 6.23. The van der Waals surface area contributed by atoms with Gasteiger partial charge in [-0.15, -0.1) is 0 Å². The molecule has 5 nitrogen and oxygen atoms in total. The van der Waals surface area contributed by atoms with Crippen molar-refractivity contribution in [3.05, 3.63) is 35.4 Å². The summed E-state index contributed by atoms with van der Waals surface area (Å²) >= 11 is 0. The van der Waals surface area contributed by atoms with E-state index in [9.17, 15) is 4.79 Å². The number of fused-ring (bicyclic) bond motifs is 7. The van der Waals surface area contributed by atoms with Gasteiger partial charge in [0.15, 0.2) is 0 Å². The van der Waals surface area contributed by atoms with Gasteiger partial charge < -0.3 is 9.80 Å². The molecule has 5 heterocycles. The molecule has 5 aliphatic heterocycles. The van der Waals surface area contributed by atoms with Crippen LogP contribution in [0.4, 0.5) is 4.79 Å². The zero-order valence-corrected chi connectivity index (χ0v) is 19.2. The fourth-order valence-electron chi connectivity index (χ4n) is 6.23. The van der Waals surface area contributed by atoms with Crippen LogP contribution in [0.5, 0.6) is 0 Å². The van der Waals surface area contributed by atoms with Crippen molar-refractivity contribution in [2.75, 3.05) is 32.7 Å². The van der Waals surface area contributed by atoms with Gasteiger partial charge in [0.25, 0.3) is 0 Å². The average molecular weight is 423 g/mol. The summed E-state index contributed by atoms with van der Waals surface area (Å²) in [6.07, 6.45) is 10.5. The number of piperidine rings is 2. The van der Waals surface area contributed by atoms with Crippen molar-refractivity contribution in [2.45, 2.75) is 82.7 Å². The normalized spacial score (nSPS) is 32.3. The van der Waals surface area contributed by atoms with Crippen molar-refractivity contribution < 1.29 is 4.79 Å². The molecule has 5 aliphatic rings. The molecular formula is C26H38N4O. The third-order valence-electron chi connectivity index (χ3n) is 8.15. The summed E-state index contributed by atoms with van der Waals surface area (Å²) in [5.41, 5.74) is 2.75. The molecule has 0 aliphatic carbocycles. The molecule has 0 saturated carbocycles. The summed E-state index contributed by atoms with van der Waals surface area (Å²) in [4.78, 5) is 25.0. The van der Waals surface area contributed by atoms with E-state index in [-0.39, 0.29) is 11.6 Å². The highest BCUT2D eigenvalue weighted by Crippen LogP contribution is 2.38. The molecule has 1 atom stereocenters. The van der Waals surface area contributed by atoms with Gasteiger partial charge in [-0.2, -0.15) is 4.99 Å². The lowest BCUT2D eigenvalue weighted by atomic mass is 9.83. The van der Waals surface area contributed by atoms with Crippen LogP contribution >= 0.6 is 0 Å². The Balaban J connectivity index is 1.41. The second-order valence-corrected chi connectivity index (χ2v) is 10.2. The van der Waals surface area contributed by atoms with Crippen molar-refractivity contribution in [1.82, 2.24) is 14.7 Å². The molecule has 2 saturated heterocycles. The third-order valence-corrected chi connectivity index (χ3v) is 8.15. The molecule has 0 N–H and O–H groups in total. The van der Waals surface area contributed by atoms with E-state index < -0.39 is 0 Å². The number of hydrogen-bond acceptors (Lipinski definition) is 3. The molecule has 1 aromatic carbocycles. The Kier molecular flexibility index (Phi) is 6.05. The first-order chi connectivity index (χ1) is 15.2. The number of nitrogens with zero attached hydrogens (tertiary/aromatic N) is 4. The van der Waals surface area contributed by atoms with E-state index in [1.165, 1.54) is 49.7 Å². The molecule has 6 rings (SSSR count). The molecule has 168 valence electrons. The van der Waals surface area contributed by atoms with Crippen LogP contribution in [0.1, 0.15) is 81.8 Å². The lowest BCUT2D eigenvalue weighted by molar-refractivity contribution is 0.0886. The number of likely N-dealkylation sites (tertiary alicyclic amines) is 1. The summed E-state index contributed by atoms with van der Waals surface area (Å²) < 4.78 is 0. The topological polar surface area (TPSA) is 39.2 Å². The van der Waals surface area contributed by atoms with Crippen LogP contribution in [0.15, 0.2) is 29.3 Å². The smallest absolute Gasteiger partial charge is 0.346 e. The first-order valence-electron chi connectivity index (χ1n) is 12.6. The van der Waals surface area contributed by atoms with Crippen molar-refractivity contribution in [3.63, 3.8) is 0 Å². The summed E-state index contributed by atoms with van der Waals surface area (Å²) in [6, 6.07) is 9.28. The number of amides is 2. The van der Waals surface area contributed by atoms with Crippen LogP contribution in [0.25, 0.3) is 0 Å². The summed E-state index contributed by atoms with van der Waals surface area (Å²) in [5, 5.41) is 0. The zero-order valence-electron chi connectivity index (χ0n) is 19.2. The van der Waals surface area contributed by atoms with E-state index in [1.54, 1.807) is 0 Å². The number of carbonyl (C=O) groups is 1. The molecule has 1 spiro atoms. The molecule has 2 fully saturated rings. The molecule has 0 radical (unpaired) electrons. The maximum atomic E-state index is 13.1. The minimum Gasteiger partial charge on any atom is -0.358 e. The summed E-state index contributed by atoms with van der Waals surface area (Å²) in [7, 11) is 0. The molecule has 4 bridgehead atoms. The standard InChI is InChI=1S/C26H38N4O/c1-21-9-4-2-7-16-30-25(31)27-24(29-14-5-3-6-15-29)26(30)12-17-28(18-13-26)20-22-10-8-11-23(21)19-22/h8,10-11,19,21H,2-7,9,12-18,20H2,1H3. The molecule has 1 unspecified atom stereocenters. The Bertz CT molecular complexity index is 820. The quantitative estimate of drug-likeness (QED) is 0.589. The van der Waals surface area contributed by atoms with Gasteiger partial charge in [-0.25, -0.2) is 4.79 Å². The van der Waals surface area contributed by atoms with E-state index in [0.29, 0.717) is 5.92 Å². The van der Waals surface area contributed by atoms with Gasteiger partial charge in [-0.3, -0.25) is 4.90 Å². The van der Waals surface area contributed by atoms with Crippen LogP contribution in [-0.2, 0) is 6.54 Å². The fraction of sp³-hybridized carbons (Fsp3) is 0.692. The predicted molar refractivity (Wildman–Crippen MR) is 126 cm³/mol. The zero-order chi connectivity index (χ0) is 21.3. The molecule has 5 heteroatoms. The Morgan fingerprint density at radius 3 is 2.48 bits per heavy atom. The maximum absolute atomic E-state index is 13.1. The van der Waals surface area contributed by atoms with E-state index in [2.05, 4.69) is 45.9 Å². The van der Waals surface area contributed by atoms with E-state index >= 15 is 0 Å². The number of hydrogen-bond donors (Lipinski definition) is 0. The lowest BCUT2D eigenvalue weighted by Gasteiger charge is -2.48. The molecule has 1 aromatic rings. The van der Waals surface area contributed by atoms with Crippen molar-refractivity contribution >= 4 is 11.9 Å². The van der Waals surface area contributed by atoms with Gasteiger partial charge in [0.05, 0.1) is 0 Å². The van der Waals surface area contributed by atoms with E-state index in [0.717, 1.165) is 64.4 Å². The Labute approximate surface area is 187 Å². The molecule has 2 amide bonds. The number of carbonyl (C=O) groups excluding carboxylic acids is 1. The summed E-state index contributed by atoms with van der Waals surface area (Å²) in [5.74, 6) is 1.71. The van der Waals surface area contributed by atoms with Gasteiger partial charge in [-0.1, -0.05) is 44.0 Å². The Morgan fingerprint density at radius 2 is 1.68 bits per heavy atom. The highest BCUT2D eigenvalue weighted by molar-refractivity contribution is 6.06. The molecule has 31 heavy (non-hydrogen) atoms. The van der Waals surface area contributed by atoms with Gasteiger partial charge in [0.2, 0.25) is 0 Å². The second-order valence-electron chi connectivity index (χ2n) is 10.2. The number of amidine groups is 1. The minimum absolute atomic E-state index is 0.0263. The van der Waals surface area contributed by atoms with Crippen LogP contribution in [0, 0.1) is 0 Å². The average Bonchev–Trinajstić information content (AvgIpc) is 3.06. The van der Waals surface area contributed by atoms with Gasteiger partial charge in [0, 0.05) is 39.3 Å². The van der Waals surface area contributed by atoms with Gasteiger partial charge in [0.1, 0.15) is 11.4 Å². The Hall–Kier alpha value is -1.88. The molecular weight excluding hydrogens is 384 g/mol. The van der Waals surface area contributed by atoms with Crippen molar-refractivity contribution in [3.8, 4) is 0 Å². The number of aliphatic imine (C=N–C) groups is 1. The molecule has 0 aromatic heterocycles. The van der Waals surface area contributed by atoms with Gasteiger partial charge in [-0.05, 0) is 62.0 Å². The van der Waals surface area contributed by atoms with Crippen LogP contribution < -0.4 is 0 Å². The predicted octanol–water partition coefficient (Wildman–Crippen LogP) is 5.02. The first kappa shape index (κ1) is 21.0. The Morgan fingerprint density at radius 1 is 0.935 bits per heavy atom. The third kappa shape index (κ3) is 4.13. The largest absolute Gasteiger partial charge is 0.358 e. The number of urea groups is 1. The summed E-state index contributed by atoms with van der Waals surface area (Å²) in [6.45, 7) is 8.45. The highest BCUT2D eigenvalue weighted by atomic mass is 16.2. The van der Waals surface area contributed by atoms with Gasteiger partial charge >= 0.3 is 6.03 Å². The van der Waals surface area contributed by atoms with E-state index in [1.807, 2.05) is 0 Å². The minimum atomic E-state index is -0.166. The SMILES string of the molecule is CC1CCCCCN2C(=O)N=C(N3CCCCC3)C23CCN(CC3)Cc2cccc1c2. The van der Waals surface area contributed by atoms with Crippen LogP contribution in [0.2, 0.25) is 0 Å². The van der Waals surface area contributed by atoms with Crippen molar-refractivity contribution in [2.24, 2.45) is 4.99 Å². The maximum Gasteiger partial charge on any atom is 0.346 e. The lowest BCUT2D eigenvalue weighted by Crippen LogP contribution is -2.61. The number of benzene rings is 1. The van der Waals surface area contributed by atoms with Crippen LogP contribution in [-0.4, -0.2) is 64.8 Å². The van der Waals surface area contributed by atoms with Crippen LogP contribution in [0.3, 0.4) is 0 Å². The van der Waals surface area contributed by atoms with E-state index in [4.69, 9.17) is 4.99 Å². The second kappa shape index (κ2) is 8.93. The highest BCUT2D eigenvalue weighted by Gasteiger charge is 2.52.